The molecule has 5 nitrogen and oxygen atoms in total. The van der Waals surface area contributed by atoms with Crippen molar-refractivity contribution in [3.05, 3.63) is 51.7 Å². The highest BCUT2D eigenvalue weighted by atomic mass is 127. The number of thiophene rings is 1. The lowest BCUT2D eigenvalue weighted by Crippen LogP contribution is -2.42. The molecule has 0 aliphatic rings. The third-order valence-electron chi connectivity index (χ3n) is 3.85. The number of hydrogen-bond acceptors (Lipinski definition) is 4. The van der Waals surface area contributed by atoms with Crippen molar-refractivity contribution in [3.8, 4) is 5.75 Å². The van der Waals surface area contributed by atoms with Gasteiger partial charge in [-0.15, -0.1) is 35.3 Å². The van der Waals surface area contributed by atoms with E-state index < -0.39 is 0 Å². The fraction of sp³-hybridized carbons (Fsp3) is 0.450. The van der Waals surface area contributed by atoms with Crippen molar-refractivity contribution in [1.82, 2.24) is 10.6 Å². The number of rotatable bonds is 9. The molecule has 2 N–H and O–H groups in total. The Bertz CT molecular complexity index is 689. The number of benzene rings is 1. The van der Waals surface area contributed by atoms with Crippen LogP contribution in [0.3, 0.4) is 0 Å². The lowest BCUT2D eigenvalue weighted by Gasteiger charge is -2.17. The van der Waals surface area contributed by atoms with Gasteiger partial charge in [-0.1, -0.05) is 12.1 Å². The van der Waals surface area contributed by atoms with E-state index in [0.29, 0.717) is 25.8 Å². The molecule has 1 heterocycles. The molecule has 150 valence electrons. The maximum Gasteiger partial charge on any atom is 0.191 e. The second kappa shape index (κ2) is 13.0. The van der Waals surface area contributed by atoms with Crippen LogP contribution in [0, 0.1) is 6.92 Å². The van der Waals surface area contributed by atoms with Crippen LogP contribution in [0.15, 0.2) is 41.4 Å². The highest BCUT2D eigenvalue weighted by molar-refractivity contribution is 14.0. The Morgan fingerprint density at radius 1 is 1.15 bits per heavy atom. The van der Waals surface area contributed by atoms with E-state index in [4.69, 9.17) is 9.47 Å². The highest BCUT2D eigenvalue weighted by Crippen LogP contribution is 2.16. The van der Waals surface area contributed by atoms with Gasteiger partial charge >= 0.3 is 0 Å². The van der Waals surface area contributed by atoms with E-state index in [1.54, 1.807) is 14.2 Å². The zero-order chi connectivity index (χ0) is 18.8. The molecular formula is C20H30IN3O2S. The summed E-state index contributed by atoms with van der Waals surface area (Å²) >= 11 is 1.85. The van der Waals surface area contributed by atoms with Crippen LogP contribution in [0.2, 0.25) is 0 Å². The fourth-order valence-electron chi connectivity index (χ4n) is 2.51. The average Bonchev–Trinajstić information content (AvgIpc) is 3.04. The Labute approximate surface area is 183 Å². The minimum Gasteiger partial charge on any atom is -0.491 e. The summed E-state index contributed by atoms with van der Waals surface area (Å²) < 4.78 is 10.6. The van der Waals surface area contributed by atoms with Crippen LogP contribution in [0.4, 0.5) is 0 Å². The van der Waals surface area contributed by atoms with E-state index in [-0.39, 0.29) is 24.0 Å². The van der Waals surface area contributed by atoms with E-state index in [2.05, 4.69) is 53.7 Å². The van der Waals surface area contributed by atoms with Crippen LogP contribution < -0.4 is 15.4 Å². The molecule has 0 bridgehead atoms. The molecule has 0 saturated heterocycles. The van der Waals surface area contributed by atoms with Gasteiger partial charge in [0.1, 0.15) is 12.4 Å². The molecule has 0 aliphatic heterocycles. The maximum absolute atomic E-state index is 5.58. The van der Waals surface area contributed by atoms with Gasteiger partial charge in [0, 0.05) is 42.9 Å². The molecule has 1 aromatic heterocycles. The molecule has 7 heteroatoms. The third kappa shape index (κ3) is 8.94. The number of ether oxygens (including phenoxy) is 2. The molecule has 0 amide bonds. The molecule has 0 fully saturated rings. The second-order valence-corrected chi connectivity index (χ2v) is 7.55. The Morgan fingerprint density at radius 2 is 1.89 bits per heavy atom. The number of aryl methyl sites for hydroxylation is 1. The summed E-state index contributed by atoms with van der Waals surface area (Å²) in [4.78, 5) is 7.06. The van der Waals surface area contributed by atoms with Gasteiger partial charge in [-0.3, -0.25) is 4.99 Å². The zero-order valence-electron chi connectivity index (χ0n) is 16.5. The molecule has 2 rings (SSSR count). The highest BCUT2D eigenvalue weighted by Gasteiger charge is 2.08. The Kier molecular flexibility index (Phi) is 11.4. The second-order valence-electron chi connectivity index (χ2n) is 6.17. The molecule has 1 atom stereocenters. The minimum atomic E-state index is 0. The van der Waals surface area contributed by atoms with E-state index >= 15 is 0 Å². The summed E-state index contributed by atoms with van der Waals surface area (Å²) in [7, 11) is 3.46. The van der Waals surface area contributed by atoms with Gasteiger partial charge in [0.15, 0.2) is 5.96 Å². The van der Waals surface area contributed by atoms with Crippen molar-refractivity contribution in [1.29, 1.82) is 0 Å². The number of hydrogen-bond donors (Lipinski definition) is 2. The van der Waals surface area contributed by atoms with Crippen molar-refractivity contribution in [2.45, 2.75) is 32.9 Å². The summed E-state index contributed by atoms with van der Waals surface area (Å²) in [6.45, 7) is 6.18. The standard InChI is InChI=1S/C20H29N3O2S.HI/c1-15(13-19-10-5-16(2)26-19)23-20(21-3)22-14-17-6-8-18(9-7-17)25-12-11-24-4;/h5-10,15H,11-14H2,1-4H3,(H2,21,22,23);1H. The molecule has 1 aromatic carbocycles. The molecular weight excluding hydrogens is 473 g/mol. The van der Waals surface area contributed by atoms with Gasteiger partial charge in [0.05, 0.1) is 6.61 Å². The molecule has 2 aromatic rings. The summed E-state index contributed by atoms with van der Waals surface area (Å²) in [6, 6.07) is 12.7. The van der Waals surface area contributed by atoms with Crippen molar-refractivity contribution >= 4 is 41.3 Å². The predicted molar refractivity (Wildman–Crippen MR) is 125 cm³/mol. The first kappa shape index (κ1) is 23.7. The SMILES string of the molecule is CN=C(NCc1ccc(OCCOC)cc1)NC(C)Cc1ccc(C)s1.I. The summed E-state index contributed by atoms with van der Waals surface area (Å²) in [5.41, 5.74) is 1.17. The number of nitrogens with one attached hydrogen (secondary N) is 2. The van der Waals surface area contributed by atoms with E-state index in [1.165, 1.54) is 15.3 Å². The van der Waals surface area contributed by atoms with Gasteiger partial charge < -0.3 is 20.1 Å². The van der Waals surface area contributed by atoms with Crippen molar-refractivity contribution in [2.24, 2.45) is 4.99 Å². The number of methoxy groups -OCH3 is 1. The first-order valence-corrected chi connectivity index (χ1v) is 9.65. The number of guanidine groups is 1. The monoisotopic (exact) mass is 503 g/mol. The van der Waals surface area contributed by atoms with Crippen LogP contribution in [0.5, 0.6) is 5.75 Å². The van der Waals surface area contributed by atoms with Gasteiger partial charge in [-0.25, -0.2) is 0 Å². The zero-order valence-corrected chi connectivity index (χ0v) is 19.6. The topological polar surface area (TPSA) is 54.9 Å². The minimum absolute atomic E-state index is 0. The molecule has 0 aliphatic carbocycles. The molecule has 27 heavy (non-hydrogen) atoms. The van der Waals surface area contributed by atoms with Crippen molar-refractivity contribution < 1.29 is 9.47 Å². The van der Waals surface area contributed by atoms with Gasteiger partial charge in [-0.2, -0.15) is 0 Å². The average molecular weight is 503 g/mol. The molecule has 1 unspecified atom stereocenters. The number of halogens is 1. The van der Waals surface area contributed by atoms with Gasteiger partial charge in [-0.05, 0) is 43.7 Å². The summed E-state index contributed by atoms with van der Waals surface area (Å²) in [6.07, 6.45) is 0.993. The van der Waals surface area contributed by atoms with Gasteiger partial charge in [0.25, 0.3) is 0 Å². The third-order valence-corrected chi connectivity index (χ3v) is 4.87. The molecule has 0 saturated carbocycles. The number of nitrogens with zero attached hydrogens (tertiary/aromatic N) is 1. The lowest BCUT2D eigenvalue weighted by molar-refractivity contribution is 0.146. The fourth-order valence-corrected chi connectivity index (χ4v) is 3.53. The molecule has 0 radical (unpaired) electrons. The Hall–Kier alpha value is -1.32. The largest absolute Gasteiger partial charge is 0.491 e. The van der Waals surface area contributed by atoms with Crippen LogP contribution in [-0.2, 0) is 17.7 Å². The van der Waals surface area contributed by atoms with Crippen LogP contribution >= 0.6 is 35.3 Å². The smallest absolute Gasteiger partial charge is 0.191 e. The van der Waals surface area contributed by atoms with Gasteiger partial charge in [0.2, 0.25) is 0 Å². The first-order valence-electron chi connectivity index (χ1n) is 8.84. The number of aliphatic imine (C=N–C) groups is 1. The first-order chi connectivity index (χ1) is 12.6. The summed E-state index contributed by atoms with van der Waals surface area (Å²) in [5.74, 6) is 1.67. The van der Waals surface area contributed by atoms with Crippen molar-refractivity contribution in [2.75, 3.05) is 27.4 Å². The normalized spacial score (nSPS) is 12.2. The summed E-state index contributed by atoms with van der Waals surface area (Å²) in [5, 5.41) is 6.81. The van der Waals surface area contributed by atoms with Crippen LogP contribution in [0.1, 0.15) is 22.2 Å². The van der Waals surface area contributed by atoms with Crippen LogP contribution in [-0.4, -0.2) is 39.4 Å². The van der Waals surface area contributed by atoms with E-state index in [0.717, 1.165) is 18.1 Å². The van der Waals surface area contributed by atoms with Crippen molar-refractivity contribution in [3.63, 3.8) is 0 Å². The quantitative estimate of drug-likeness (QED) is 0.235. The van der Waals surface area contributed by atoms with E-state index in [9.17, 15) is 0 Å². The molecule has 0 spiro atoms. The Morgan fingerprint density at radius 3 is 2.48 bits per heavy atom. The predicted octanol–water partition coefficient (Wildman–Crippen LogP) is 4.00. The lowest BCUT2D eigenvalue weighted by atomic mass is 10.2. The maximum atomic E-state index is 5.58. The Balaban J connectivity index is 0.00000364. The van der Waals surface area contributed by atoms with Crippen LogP contribution in [0.25, 0.3) is 0 Å². The van der Waals surface area contributed by atoms with E-state index in [1.807, 2.05) is 23.5 Å².